The van der Waals surface area contributed by atoms with E-state index in [9.17, 15) is 27.2 Å². The summed E-state index contributed by atoms with van der Waals surface area (Å²) in [6.07, 6.45) is -4.61. The van der Waals surface area contributed by atoms with E-state index in [4.69, 9.17) is 0 Å². The van der Waals surface area contributed by atoms with Gasteiger partial charge in [0.2, 0.25) is 11.8 Å². The van der Waals surface area contributed by atoms with E-state index in [-0.39, 0.29) is 18.5 Å². The third-order valence-corrected chi connectivity index (χ3v) is 4.87. The second-order valence-corrected chi connectivity index (χ2v) is 7.19. The largest absolute Gasteiger partial charge is 0.416 e. The van der Waals surface area contributed by atoms with Gasteiger partial charge in [-0.3, -0.25) is 9.59 Å². The predicted molar refractivity (Wildman–Crippen MR) is 95.0 cm³/mol. The molecule has 0 aromatic heterocycles. The van der Waals surface area contributed by atoms with Crippen molar-refractivity contribution in [3.63, 3.8) is 0 Å². The van der Waals surface area contributed by atoms with Crippen LogP contribution < -0.4 is 4.90 Å². The molecule has 0 atom stereocenters. The first-order valence-corrected chi connectivity index (χ1v) is 8.72. The van der Waals surface area contributed by atoms with Crippen LogP contribution >= 0.6 is 22.6 Å². The molecule has 8 heteroatoms. The van der Waals surface area contributed by atoms with E-state index in [2.05, 4.69) is 0 Å². The third-order valence-electron chi connectivity index (χ3n) is 4.20. The van der Waals surface area contributed by atoms with Crippen LogP contribution in [-0.4, -0.2) is 11.8 Å². The first-order chi connectivity index (χ1) is 12.2. The Morgan fingerprint density at radius 1 is 0.962 bits per heavy atom. The number of rotatable bonds is 2. The molecule has 1 aliphatic rings. The zero-order valence-corrected chi connectivity index (χ0v) is 15.3. The summed E-state index contributed by atoms with van der Waals surface area (Å²) >= 11 is 1.91. The maximum atomic E-state index is 14.1. The van der Waals surface area contributed by atoms with E-state index < -0.39 is 35.3 Å². The number of carbonyl (C=O) groups excluding carboxylic acids is 2. The van der Waals surface area contributed by atoms with Gasteiger partial charge < -0.3 is 0 Å². The highest BCUT2D eigenvalue weighted by Gasteiger charge is 2.36. The SMILES string of the molecule is O=C1CC(c2ccc(C(F)(F)F)cc2)CC(=O)N1c1ccc(I)cc1F. The second-order valence-electron chi connectivity index (χ2n) is 5.94. The standard InChI is InChI=1S/C18H12F4INO2/c19-14-9-13(23)5-6-15(14)24-16(25)7-11(8-17(24)26)10-1-3-12(4-2-10)18(20,21)22/h1-6,9,11H,7-8H2. The van der Waals surface area contributed by atoms with Crippen molar-refractivity contribution in [2.75, 3.05) is 4.90 Å². The van der Waals surface area contributed by atoms with Gasteiger partial charge in [0.05, 0.1) is 11.3 Å². The van der Waals surface area contributed by atoms with Gasteiger partial charge in [-0.25, -0.2) is 9.29 Å². The van der Waals surface area contributed by atoms with Crippen LogP contribution in [0.1, 0.15) is 29.9 Å². The maximum absolute atomic E-state index is 14.1. The number of anilines is 1. The molecule has 0 unspecified atom stereocenters. The van der Waals surface area contributed by atoms with Crippen molar-refractivity contribution in [3.8, 4) is 0 Å². The Labute approximate surface area is 160 Å². The molecule has 1 heterocycles. The molecule has 3 nitrogen and oxygen atoms in total. The van der Waals surface area contributed by atoms with E-state index in [0.717, 1.165) is 17.0 Å². The van der Waals surface area contributed by atoms with Crippen LogP contribution in [0.4, 0.5) is 23.2 Å². The lowest BCUT2D eigenvalue weighted by atomic mass is 9.88. The number of piperidine rings is 1. The molecule has 0 saturated carbocycles. The Kier molecular flexibility index (Phi) is 5.05. The van der Waals surface area contributed by atoms with Gasteiger partial charge in [0.15, 0.2) is 0 Å². The number of hydrogen-bond acceptors (Lipinski definition) is 2. The number of imide groups is 1. The number of nitrogens with zero attached hydrogens (tertiary/aromatic N) is 1. The number of amides is 2. The van der Waals surface area contributed by atoms with Gasteiger partial charge in [-0.05, 0) is 58.5 Å². The number of hydrogen-bond donors (Lipinski definition) is 0. The minimum atomic E-state index is -4.45. The molecule has 0 bridgehead atoms. The molecule has 26 heavy (non-hydrogen) atoms. The monoisotopic (exact) mass is 477 g/mol. The summed E-state index contributed by atoms with van der Waals surface area (Å²) in [6, 6.07) is 8.57. The summed E-state index contributed by atoms with van der Waals surface area (Å²) in [7, 11) is 0. The number of halogens is 5. The second kappa shape index (κ2) is 6.98. The van der Waals surface area contributed by atoms with Crippen molar-refractivity contribution in [1.29, 1.82) is 0 Å². The molecular weight excluding hydrogens is 465 g/mol. The van der Waals surface area contributed by atoms with Gasteiger partial charge in [0, 0.05) is 22.3 Å². The molecule has 0 N–H and O–H groups in total. The molecule has 1 saturated heterocycles. The van der Waals surface area contributed by atoms with Crippen LogP contribution in [0.3, 0.4) is 0 Å². The van der Waals surface area contributed by atoms with Crippen LogP contribution in [0.15, 0.2) is 42.5 Å². The molecule has 0 aliphatic carbocycles. The van der Waals surface area contributed by atoms with E-state index in [1.165, 1.54) is 24.3 Å². The lowest BCUT2D eigenvalue weighted by molar-refractivity contribution is -0.137. The highest BCUT2D eigenvalue weighted by atomic mass is 127. The highest BCUT2D eigenvalue weighted by molar-refractivity contribution is 14.1. The predicted octanol–water partition coefficient (Wildman–Crippen LogP) is 4.89. The molecule has 0 radical (unpaired) electrons. The van der Waals surface area contributed by atoms with Crippen molar-refractivity contribution < 1.29 is 27.2 Å². The van der Waals surface area contributed by atoms with Gasteiger partial charge >= 0.3 is 6.18 Å². The third kappa shape index (κ3) is 3.74. The Morgan fingerprint density at radius 2 is 1.54 bits per heavy atom. The quantitative estimate of drug-likeness (QED) is 0.351. The van der Waals surface area contributed by atoms with Crippen molar-refractivity contribution in [1.82, 2.24) is 0 Å². The average Bonchev–Trinajstić information content (AvgIpc) is 2.55. The Hall–Kier alpha value is -1.97. The number of benzene rings is 2. The smallest absolute Gasteiger partial charge is 0.274 e. The summed E-state index contributed by atoms with van der Waals surface area (Å²) < 4.78 is 52.6. The normalized spacial score (nSPS) is 16.3. The van der Waals surface area contributed by atoms with Gasteiger partial charge in [0.1, 0.15) is 5.82 Å². The summed E-state index contributed by atoms with van der Waals surface area (Å²) in [5.74, 6) is -2.36. The Bertz CT molecular complexity index is 846. The zero-order chi connectivity index (χ0) is 19.1. The molecule has 2 amide bonds. The average molecular weight is 477 g/mol. The maximum Gasteiger partial charge on any atom is 0.416 e. The van der Waals surface area contributed by atoms with Gasteiger partial charge in [0.25, 0.3) is 0 Å². The van der Waals surface area contributed by atoms with Crippen LogP contribution in [0.25, 0.3) is 0 Å². The number of carbonyl (C=O) groups is 2. The molecule has 2 aromatic carbocycles. The van der Waals surface area contributed by atoms with Crippen LogP contribution in [0.2, 0.25) is 0 Å². The molecule has 3 rings (SSSR count). The fraction of sp³-hybridized carbons (Fsp3) is 0.222. The van der Waals surface area contributed by atoms with Crippen LogP contribution in [0.5, 0.6) is 0 Å². The van der Waals surface area contributed by atoms with Crippen molar-refractivity contribution in [2.45, 2.75) is 24.9 Å². The number of alkyl halides is 3. The lowest BCUT2D eigenvalue weighted by Gasteiger charge is -2.30. The zero-order valence-electron chi connectivity index (χ0n) is 13.2. The summed E-state index contributed by atoms with van der Waals surface area (Å²) in [5, 5.41) is 0. The van der Waals surface area contributed by atoms with Gasteiger partial charge in [-0.1, -0.05) is 12.1 Å². The molecule has 0 spiro atoms. The molecule has 1 fully saturated rings. The summed E-state index contributed by atoms with van der Waals surface area (Å²) in [5.41, 5.74) is -0.425. The van der Waals surface area contributed by atoms with Crippen LogP contribution in [-0.2, 0) is 15.8 Å². The lowest BCUT2D eigenvalue weighted by Crippen LogP contribution is -2.43. The van der Waals surface area contributed by atoms with E-state index >= 15 is 0 Å². The molecule has 136 valence electrons. The van der Waals surface area contributed by atoms with Crippen LogP contribution in [0, 0.1) is 9.39 Å². The van der Waals surface area contributed by atoms with E-state index in [1.807, 2.05) is 22.6 Å². The fourth-order valence-corrected chi connectivity index (χ4v) is 3.38. The molecular formula is C18H12F4INO2. The Balaban J connectivity index is 1.82. The molecule has 2 aromatic rings. The first-order valence-electron chi connectivity index (χ1n) is 7.65. The molecule has 1 aliphatic heterocycles. The van der Waals surface area contributed by atoms with Crippen molar-refractivity contribution >= 4 is 40.1 Å². The minimum absolute atomic E-state index is 0.0808. The summed E-state index contributed by atoms with van der Waals surface area (Å²) in [4.78, 5) is 25.6. The minimum Gasteiger partial charge on any atom is -0.274 e. The fourth-order valence-electron chi connectivity index (χ4n) is 2.93. The summed E-state index contributed by atoms with van der Waals surface area (Å²) in [6.45, 7) is 0. The highest BCUT2D eigenvalue weighted by Crippen LogP contribution is 2.35. The van der Waals surface area contributed by atoms with Gasteiger partial charge in [-0.2, -0.15) is 13.2 Å². The van der Waals surface area contributed by atoms with Gasteiger partial charge in [-0.15, -0.1) is 0 Å². The van der Waals surface area contributed by atoms with E-state index in [0.29, 0.717) is 9.13 Å². The first kappa shape index (κ1) is 18.8. The van der Waals surface area contributed by atoms with Crippen molar-refractivity contribution in [2.24, 2.45) is 0 Å². The van der Waals surface area contributed by atoms with Crippen molar-refractivity contribution in [3.05, 3.63) is 63.0 Å². The Morgan fingerprint density at radius 3 is 2.04 bits per heavy atom. The topological polar surface area (TPSA) is 37.4 Å². The van der Waals surface area contributed by atoms with E-state index in [1.54, 1.807) is 6.07 Å².